The van der Waals surface area contributed by atoms with Crippen molar-refractivity contribution in [2.75, 3.05) is 65.6 Å². The maximum absolute atomic E-state index is 11.1. The number of hydrogen-bond acceptors (Lipinski definition) is 8. The Morgan fingerprint density at radius 2 is 0.941 bits per heavy atom. The van der Waals surface area contributed by atoms with Gasteiger partial charge >= 0.3 is 0 Å². The number of piperidine rings is 2. The Morgan fingerprint density at radius 3 is 1.33 bits per heavy atom. The SMILES string of the molecule is Oc1cc(OCCN2CCCCC2)ccc1C(=NCCCN=C(c1ccccc1)c1ccc(OCCN2CCCCC2)cc1O)c1ccccc1. The number of phenolic OH excluding ortho intramolecular Hbond substituents is 2. The monoisotopic (exact) mass is 688 g/mol. The van der Waals surface area contributed by atoms with Crippen molar-refractivity contribution in [3.8, 4) is 23.0 Å². The number of aromatic hydroxyl groups is 2. The van der Waals surface area contributed by atoms with Crippen LogP contribution in [0.5, 0.6) is 23.0 Å². The minimum absolute atomic E-state index is 0.145. The van der Waals surface area contributed by atoms with Crippen LogP contribution in [0.25, 0.3) is 0 Å². The number of benzene rings is 4. The molecule has 0 aromatic heterocycles. The summed E-state index contributed by atoms with van der Waals surface area (Å²) in [5.41, 5.74) is 4.66. The third-order valence-electron chi connectivity index (χ3n) is 9.65. The van der Waals surface area contributed by atoms with Gasteiger partial charge in [0.2, 0.25) is 0 Å². The Bertz CT molecular complexity index is 1590. The van der Waals surface area contributed by atoms with Crippen LogP contribution in [0.3, 0.4) is 0 Å². The second-order valence-electron chi connectivity index (χ2n) is 13.4. The summed E-state index contributed by atoms with van der Waals surface area (Å²) in [7, 11) is 0. The number of ether oxygens (including phenoxy) is 2. The van der Waals surface area contributed by atoms with Gasteiger partial charge in [0.05, 0.1) is 11.4 Å². The molecule has 51 heavy (non-hydrogen) atoms. The van der Waals surface area contributed by atoms with E-state index in [1.54, 1.807) is 12.1 Å². The van der Waals surface area contributed by atoms with Crippen molar-refractivity contribution in [1.29, 1.82) is 0 Å². The van der Waals surface area contributed by atoms with Crippen molar-refractivity contribution in [1.82, 2.24) is 9.80 Å². The molecule has 0 amide bonds. The number of phenols is 2. The number of aliphatic imine (C=N–C) groups is 2. The van der Waals surface area contributed by atoms with Crippen molar-refractivity contribution in [2.45, 2.75) is 44.9 Å². The predicted octanol–water partition coefficient (Wildman–Crippen LogP) is 7.59. The van der Waals surface area contributed by atoms with E-state index in [4.69, 9.17) is 19.5 Å². The summed E-state index contributed by atoms with van der Waals surface area (Å²) in [5, 5.41) is 22.2. The second kappa shape index (κ2) is 19.1. The highest BCUT2D eigenvalue weighted by atomic mass is 16.5. The van der Waals surface area contributed by atoms with Crippen LogP contribution in [-0.4, -0.2) is 97.0 Å². The molecule has 2 saturated heterocycles. The molecule has 268 valence electrons. The lowest BCUT2D eigenvalue weighted by molar-refractivity contribution is 0.183. The molecule has 8 heteroatoms. The lowest BCUT2D eigenvalue weighted by atomic mass is 10.0. The highest BCUT2D eigenvalue weighted by Crippen LogP contribution is 2.28. The molecule has 2 aliphatic rings. The average Bonchev–Trinajstić information content (AvgIpc) is 3.17. The number of rotatable bonds is 16. The van der Waals surface area contributed by atoms with Gasteiger partial charge in [-0.05, 0) is 82.5 Å². The van der Waals surface area contributed by atoms with Crippen molar-refractivity contribution in [3.05, 3.63) is 119 Å². The molecule has 0 unspecified atom stereocenters. The van der Waals surface area contributed by atoms with Crippen molar-refractivity contribution in [2.24, 2.45) is 9.98 Å². The predicted molar refractivity (Wildman–Crippen MR) is 206 cm³/mol. The first-order valence-electron chi connectivity index (χ1n) is 18.7. The first-order valence-corrected chi connectivity index (χ1v) is 18.7. The molecule has 2 N–H and O–H groups in total. The fourth-order valence-electron chi connectivity index (χ4n) is 6.86. The lowest BCUT2D eigenvalue weighted by Gasteiger charge is -2.26. The van der Waals surface area contributed by atoms with E-state index in [1.807, 2.05) is 84.9 Å². The molecule has 0 aliphatic carbocycles. The quantitative estimate of drug-likeness (QED) is 0.0932. The Balaban J connectivity index is 1.11. The third-order valence-corrected chi connectivity index (χ3v) is 9.65. The van der Waals surface area contributed by atoms with E-state index < -0.39 is 0 Å². The van der Waals surface area contributed by atoms with E-state index in [9.17, 15) is 10.2 Å². The van der Waals surface area contributed by atoms with Crippen molar-refractivity contribution in [3.63, 3.8) is 0 Å². The summed E-state index contributed by atoms with van der Waals surface area (Å²) in [6.07, 6.45) is 8.33. The molecule has 2 heterocycles. The molecule has 0 saturated carbocycles. The van der Waals surface area contributed by atoms with Crippen LogP contribution < -0.4 is 9.47 Å². The van der Waals surface area contributed by atoms with E-state index >= 15 is 0 Å². The Kier molecular flexibility index (Phi) is 13.5. The van der Waals surface area contributed by atoms with Gasteiger partial charge in [-0.2, -0.15) is 0 Å². The van der Waals surface area contributed by atoms with E-state index in [2.05, 4.69) is 9.80 Å². The van der Waals surface area contributed by atoms with Gasteiger partial charge < -0.3 is 19.7 Å². The van der Waals surface area contributed by atoms with E-state index in [0.29, 0.717) is 55.4 Å². The van der Waals surface area contributed by atoms with Gasteiger partial charge in [0.1, 0.15) is 36.2 Å². The molecule has 8 nitrogen and oxygen atoms in total. The standard InChI is InChI=1S/C43H52N4O4/c48-40-32-36(50-30-28-46-24-9-3-10-25-46)18-20-38(40)42(34-14-5-1-6-15-34)44-22-13-23-45-43(35-16-7-2-8-17-35)39-21-19-37(33-41(39)49)51-31-29-47-26-11-4-12-27-47/h1-2,5-8,14-21,32-33,48-49H,3-4,9-13,22-31H2. The molecule has 6 rings (SSSR count). The molecule has 0 spiro atoms. The maximum atomic E-state index is 11.1. The van der Waals surface area contributed by atoms with Gasteiger partial charge in [-0.15, -0.1) is 0 Å². The molecule has 2 aliphatic heterocycles. The summed E-state index contributed by atoms with van der Waals surface area (Å²) in [4.78, 5) is 14.8. The normalized spacial score (nSPS) is 16.2. The van der Waals surface area contributed by atoms with Crippen LogP contribution in [0.15, 0.2) is 107 Å². The second-order valence-corrected chi connectivity index (χ2v) is 13.4. The zero-order valence-electron chi connectivity index (χ0n) is 29.8. The highest BCUT2D eigenvalue weighted by molar-refractivity contribution is 6.15. The molecular formula is C43H52N4O4. The van der Waals surface area contributed by atoms with Crippen LogP contribution in [0.4, 0.5) is 0 Å². The van der Waals surface area contributed by atoms with Crippen LogP contribution in [0, 0.1) is 0 Å². The zero-order chi connectivity index (χ0) is 35.1. The molecule has 0 radical (unpaired) electrons. The molecular weight excluding hydrogens is 636 g/mol. The fraction of sp³-hybridized carbons (Fsp3) is 0.395. The summed E-state index contributed by atoms with van der Waals surface area (Å²) in [5.74, 6) is 1.60. The van der Waals surface area contributed by atoms with Gasteiger partial charge in [-0.25, -0.2) is 0 Å². The highest BCUT2D eigenvalue weighted by Gasteiger charge is 2.16. The largest absolute Gasteiger partial charge is 0.507 e. The number of likely N-dealkylation sites (tertiary alicyclic amines) is 2. The van der Waals surface area contributed by atoms with Crippen molar-refractivity contribution >= 4 is 11.4 Å². The summed E-state index contributed by atoms with van der Waals surface area (Å²) in [6.45, 7) is 8.54. The van der Waals surface area contributed by atoms with Crippen molar-refractivity contribution < 1.29 is 19.7 Å². The molecule has 0 atom stereocenters. The fourth-order valence-corrected chi connectivity index (χ4v) is 6.86. The van der Waals surface area contributed by atoms with Gasteiger partial charge in [-0.1, -0.05) is 73.5 Å². The first kappa shape index (κ1) is 36.1. The average molecular weight is 689 g/mol. The third kappa shape index (κ3) is 10.7. The zero-order valence-corrected chi connectivity index (χ0v) is 29.8. The van der Waals surface area contributed by atoms with E-state index in [1.165, 1.54) is 38.5 Å². The maximum Gasteiger partial charge on any atom is 0.128 e. The number of hydrogen-bond donors (Lipinski definition) is 2. The summed E-state index contributed by atoms with van der Waals surface area (Å²) >= 11 is 0. The molecule has 4 aromatic carbocycles. The molecule has 0 bridgehead atoms. The molecule has 2 fully saturated rings. The molecule has 4 aromatic rings. The summed E-state index contributed by atoms with van der Waals surface area (Å²) in [6, 6.07) is 30.9. The van der Waals surface area contributed by atoms with Gasteiger partial charge in [-0.3, -0.25) is 19.8 Å². The van der Waals surface area contributed by atoms with Gasteiger partial charge in [0.15, 0.2) is 0 Å². The Hall–Kier alpha value is -4.66. The first-order chi connectivity index (χ1) is 25.1. The Morgan fingerprint density at radius 1 is 0.529 bits per heavy atom. The Labute approximate surface area is 303 Å². The van der Waals surface area contributed by atoms with Crippen LogP contribution in [-0.2, 0) is 0 Å². The van der Waals surface area contributed by atoms with Crippen LogP contribution in [0.2, 0.25) is 0 Å². The van der Waals surface area contributed by atoms with Gasteiger partial charge in [0, 0.05) is 60.6 Å². The summed E-state index contributed by atoms with van der Waals surface area (Å²) < 4.78 is 12.0. The number of nitrogens with zero attached hydrogens (tertiary/aromatic N) is 4. The van der Waals surface area contributed by atoms with Crippen LogP contribution >= 0.6 is 0 Å². The van der Waals surface area contributed by atoms with Crippen LogP contribution in [0.1, 0.15) is 67.2 Å². The lowest BCUT2D eigenvalue weighted by Crippen LogP contribution is -2.33. The minimum atomic E-state index is 0.145. The topological polar surface area (TPSA) is 90.1 Å². The van der Waals surface area contributed by atoms with E-state index in [0.717, 1.165) is 61.8 Å². The van der Waals surface area contributed by atoms with E-state index in [-0.39, 0.29) is 11.5 Å². The minimum Gasteiger partial charge on any atom is -0.507 e. The van der Waals surface area contributed by atoms with Gasteiger partial charge in [0.25, 0.3) is 0 Å². The smallest absolute Gasteiger partial charge is 0.128 e.